The first-order valence-electron chi connectivity index (χ1n) is 13.1. The van der Waals surface area contributed by atoms with Crippen molar-refractivity contribution >= 4 is 18.0 Å². The number of rotatable bonds is 9. The molecule has 0 aliphatic carbocycles. The van der Waals surface area contributed by atoms with E-state index in [1.807, 2.05) is 41.3 Å². The van der Waals surface area contributed by atoms with Gasteiger partial charge in [0.05, 0.1) is 6.04 Å². The first-order valence-corrected chi connectivity index (χ1v) is 13.1. The van der Waals surface area contributed by atoms with Gasteiger partial charge in [-0.15, -0.1) is 0 Å². The van der Waals surface area contributed by atoms with Gasteiger partial charge in [0.2, 0.25) is 5.88 Å². The van der Waals surface area contributed by atoms with E-state index in [9.17, 15) is 14.7 Å². The normalized spacial score (nSPS) is 21.1. The Kier molecular flexibility index (Phi) is 8.24. The Labute approximate surface area is 214 Å². The second kappa shape index (κ2) is 11.5. The molecule has 0 bridgehead atoms. The van der Waals surface area contributed by atoms with Gasteiger partial charge in [-0.05, 0) is 29.9 Å². The third kappa shape index (κ3) is 5.23. The lowest BCUT2D eigenvalue weighted by Gasteiger charge is -2.43. The molecule has 4 rings (SSSR count). The molecule has 2 aliphatic rings. The van der Waals surface area contributed by atoms with Crippen LogP contribution in [0.2, 0.25) is 0 Å². The van der Waals surface area contributed by atoms with Gasteiger partial charge >= 0.3 is 0 Å². The van der Waals surface area contributed by atoms with Crippen LogP contribution in [0.3, 0.4) is 0 Å². The minimum Gasteiger partial charge on any atom is -0.493 e. The van der Waals surface area contributed by atoms with Crippen molar-refractivity contribution < 1.29 is 14.7 Å². The van der Waals surface area contributed by atoms with E-state index in [4.69, 9.17) is 0 Å². The highest BCUT2D eigenvalue weighted by molar-refractivity contribution is 6.02. The van der Waals surface area contributed by atoms with Crippen LogP contribution in [-0.4, -0.2) is 52.1 Å². The molecule has 1 N–H and O–H groups in total. The number of hydrogen-bond donors (Lipinski definition) is 1. The number of aliphatic hydroxyl groups excluding tert-OH is 1. The Hall–Kier alpha value is -3.41. The van der Waals surface area contributed by atoms with Crippen LogP contribution in [0.15, 0.2) is 77.1 Å². The molecule has 2 aromatic rings. The van der Waals surface area contributed by atoms with E-state index < -0.39 is 6.04 Å². The predicted octanol–water partition coefficient (Wildman–Crippen LogP) is 5.64. The number of carbonyl (C=O) groups excluding carboxylic acids is 2. The van der Waals surface area contributed by atoms with Crippen LogP contribution in [0.5, 0.6) is 0 Å². The Morgan fingerprint density at radius 3 is 2.39 bits per heavy atom. The SMILES string of the molecule is CCCCC1=NC(O)=C(C(=O)N2CC[C@H](c3ccccc3)C2)C(C=O)N1C(c1ccccc1)C(C)C. The number of amides is 1. The van der Waals surface area contributed by atoms with Crippen LogP contribution < -0.4 is 0 Å². The average Bonchev–Trinajstić information content (AvgIpc) is 3.39. The van der Waals surface area contributed by atoms with E-state index in [0.29, 0.717) is 25.3 Å². The molecule has 2 heterocycles. The van der Waals surface area contributed by atoms with E-state index >= 15 is 0 Å². The number of amidine groups is 1. The monoisotopic (exact) mass is 487 g/mol. The molecule has 0 spiro atoms. The van der Waals surface area contributed by atoms with Gasteiger partial charge < -0.3 is 19.7 Å². The van der Waals surface area contributed by atoms with Gasteiger partial charge in [0, 0.05) is 25.4 Å². The van der Waals surface area contributed by atoms with Crippen LogP contribution >= 0.6 is 0 Å². The van der Waals surface area contributed by atoms with Gasteiger partial charge in [-0.25, -0.2) is 4.99 Å². The van der Waals surface area contributed by atoms with Crippen molar-refractivity contribution in [3.8, 4) is 0 Å². The first kappa shape index (κ1) is 25.7. The van der Waals surface area contributed by atoms with Crippen LogP contribution in [0.25, 0.3) is 0 Å². The van der Waals surface area contributed by atoms with Crippen molar-refractivity contribution in [2.45, 2.75) is 64.5 Å². The van der Waals surface area contributed by atoms with Gasteiger partial charge in [-0.1, -0.05) is 87.9 Å². The largest absolute Gasteiger partial charge is 0.493 e. The molecule has 0 aromatic heterocycles. The number of aldehydes is 1. The number of benzene rings is 2. The van der Waals surface area contributed by atoms with Gasteiger partial charge in [0.25, 0.3) is 5.91 Å². The molecule has 1 amide bonds. The maximum atomic E-state index is 13.8. The molecule has 1 fully saturated rings. The van der Waals surface area contributed by atoms with Crippen molar-refractivity contribution in [1.29, 1.82) is 0 Å². The van der Waals surface area contributed by atoms with Gasteiger partial charge in [-0.2, -0.15) is 0 Å². The quantitative estimate of drug-likeness (QED) is 0.465. The zero-order valence-corrected chi connectivity index (χ0v) is 21.5. The smallest absolute Gasteiger partial charge is 0.257 e. The van der Waals surface area contributed by atoms with Crippen molar-refractivity contribution in [3.05, 3.63) is 83.2 Å². The summed E-state index contributed by atoms with van der Waals surface area (Å²) in [4.78, 5) is 34.8. The van der Waals surface area contributed by atoms with Crippen LogP contribution in [0.4, 0.5) is 0 Å². The van der Waals surface area contributed by atoms with E-state index in [2.05, 4.69) is 50.0 Å². The second-order valence-corrected chi connectivity index (χ2v) is 10.1. The summed E-state index contributed by atoms with van der Waals surface area (Å²) in [6.45, 7) is 7.47. The van der Waals surface area contributed by atoms with Crippen LogP contribution in [0, 0.1) is 5.92 Å². The van der Waals surface area contributed by atoms with Crippen molar-refractivity contribution in [3.63, 3.8) is 0 Å². The minimum absolute atomic E-state index is 0.0838. The molecular formula is C30H37N3O3. The maximum absolute atomic E-state index is 13.8. The standard InChI is InChI=1S/C30H37N3O3/c1-4-5-16-26-31-29(35)27(30(36)32-18-17-24(19-32)22-12-8-6-9-13-22)25(20-34)33(26)28(21(2)3)23-14-10-7-11-15-23/h6-15,20-21,24-25,28,35H,4-5,16-19H2,1-3H3/t24-,25?,28?/m0/s1. The molecule has 2 unspecified atom stereocenters. The molecule has 2 aliphatic heterocycles. The molecule has 0 radical (unpaired) electrons. The van der Waals surface area contributed by atoms with Gasteiger partial charge in [-0.3, -0.25) is 4.79 Å². The number of carbonyl (C=O) groups is 2. The number of aliphatic hydroxyl groups is 1. The number of unbranched alkanes of at least 4 members (excludes halogenated alkanes) is 1. The molecule has 2 aromatic carbocycles. The fourth-order valence-corrected chi connectivity index (χ4v) is 5.51. The Morgan fingerprint density at radius 1 is 1.11 bits per heavy atom. The topological polar surface area (TPSA) is 73.2 Å². The van der Waals surface area contributed by atoms with E-state index in [1.165, 1.54) is 5.56 Å². The Balaban J connectivity index is 1.70. The molecule has 3 atom stereocenters. The molecule has 190 valence electrons. The van der Waals surface area contributed by atoms with E-state index in [-0.39, 0.29) is 35.2 Å². The molecular weight excluding hydrogens is 450 g/mol. The molecule has 36 heavy (non-hydrogen) atoms. The van der Waals surface area contributed by atoms with Crippen LogP contribution in [0.1, 0.15) is 69.5 Å². The second-order valence-electron chi connectivity index (χ2n) is 10.1. The number of aliphatic imine (C=N–C) groups is 1. The zero-order chi connectivity index (χ0) is 25.7. The minimum atomic E-state index is -0.898. The maximum Gasteiger partial charge on any atom is 0.257 e. The lowest BCUT2D eigenvalue weighted by atomic mass is 9.90. The Morgan fingerprint density at radius 2 is 1.78 bits per heavy atom. The summed E-state index contributed by atoms with van der Waals surface area (Å²) < 4.78 is 0. The van der Waals surface area contributed by atoms with Crippen LogP contribution in [-0.2, 0) is 9.59 Å². The summed E-state index contributed by atoms with van der Waals surface area (Å²) in [7, 11) is 0. The lowest BCUT2D eigenvalue weighted by molar-refractivity contribution is -0.128. The summed E-state index contributed by atoms with van der Waals surface area (Å²) in [6, 6.07) is 19.2. The summed E-state index contributed by atoms with van der Waals surface area (Å²) in [5.74, 6) is 0.422. The number of hydrogen-bond acceptors (Lipinski definition) is 5. The van der Waals surface area contributed by atoms with Crippen molar-refractivity contribution in [2.75, 3.05) is 13.1 Å². The molecule has 1 saturated heterocycles. The fourth-order valence-electron chi connectivity index (χ4n) is 5.51. The zero-order valence-electron chi connectivity index (χ0n) is 21.5. The van der Waals surface area contributed by atoms with Crippen molar-refractivity contribution in [1.82, 2.24) is 9.80 Å². The van der Waals surface area contributed by atoms with Crippen molar-refractivity contribution in [2.24, 2.45) is 10.9 Å². The first-order chi connectivity index (χ1) is 17.5. The highest BCUT2D eigenvalue weighted by atomic mass is 16.3. The van der Waals surface area contributed by atoms with Gasteiger partial charge in [0.15, 0.2) is 0 Å². The summed E-state index contributed by atoms with van der Waals surface area (Å²) in [6.07, 6.45) is 4.11. The van der Waals surface area contributed by atoms with E-state index in [1.54, 1.807) is 4.90 Å². The lowest BCUT2D eigenvalue weighted by Crippen LogP contribution is -2.51. The summed E-state index contributed by atoms with van der Waals surface area (Å²) >= 11 is 0. The number of nitrogens with zero attached hydrogens (tertiary/aromatic N) is 3. The summed E-state index contributed by atoms with van der Waals surface area (Å²) in [5, 5.41) is 11.0. The highest BCUT2D eigenvalue weighted by Gasteiger charge is 2.43. The molecule has 6 heteroatoms. The third-order valence-corrected chi connectivity index (χ3v) is 7.30. The fraction of sp³-hybridized carbons (Fsp3) is 0.433. The average molecular weight is 488 g/mol. The molecule has 6 nitrogen and oxygen atoms in total. The Bertz CT molecular complexity index is 1110. The predicted molar refractivity (Wildman–Crippen MR) is 143 cm³/mol. The highest BCUT2D eigenvalue weighted by Crippen LogP contribution is 2.37. The third-order valence-electron chi connectivity index (χ3n) is 7.30. The molecule has 0 saturated carbocycles. The van der Waals surface area contributed by atoms with E-state index in [0.717, 1.165) is 31.1 Å². The number of likely N-dealkylation sites (tertiary alicyclic amines) is 1. The summed E-state index contributed by atoms with van der Waals surface area (Å²) in [5.41, 5.74) is 2.34. The van der Waals surface area contributed by atoms with Gasteiger partial charge in [0.1, 0.15) is 23.7 Å².